The molecule has 26 heavy (non-hydrogen) atoms. The monoisotopic (exact) mass is 348 g/mol. The smallest absolute Gasteiger partial charge is 0.335 e. The second-order valence-electron chi connectivity index (χ2n) is 8.23. The topological polar surface area (TPSA) is 37.3 Å². The van der Waals surface area contributed by atoms with Crippen molar-refractivity contribution in [3.05, 3.63) is 70.3 Å². The number of rotatable bonds is 3. The van der Waals surface area contributed by atoms with Crippen LogP contribution in [0.1, 0.15) is 85.5 Å². The van der Waals surface area contributed by atoms with Gasteiger partial charge in [0.25, 0.3) is 0 Å². The number of allylic oxidation sites excluding steroid dienone is 1. The molecule has 0 aromatic heterocycles. The minimum absolute atomic E-state index is 0.239. The van der Waals surface area contributed by atoms with Gasteiger partial charge in [-0.25, -0.2) is 4.79 Å². The molecule has 0 saturated heterocycles. The highest BCUT2D eigenvalue weighted by Gasteiger charge is 2.28. The zero-order valence-corrected chi connectivity index (χ0v) is 16.2. The summed E-state index contributed by atoms with van der Waals surface area (Å²) in [7, 11) is 0. The van der Waals surface area contributed by atoms with E-state index in [0.717, 1.165) is 5.56 Å². The highest BCUT2D eigenvalue weighted by molar-refractivity contribution is 5.88. The second kappa shape index (κ2) is 7.11. The highest BCUT2D eigenvalue weighted by atomic mass is 16.4. The maximum absolute atomic E-state index is 11.0. The van der Waals surface area contributed by atoms with Crippen molar-refractivity contribution in [2.45, 2.75) is 58.3 Å². The fourth-order valence-electron chi connectivity index (χ4n) is 4.03. The summed E-state index contributed by atoms with van der Waals surface area (Å²) in [6.45, 7) is 9.18. The van der Waals surface area contributed by atoms with E-state index < -0.39 is 5.97 Å². The van der Waals surface area contributed by atoms with Gasteiger partial charge in [-0.2, -0.15) is 0 Å². The van der Waals surface area contributed by atoms with Crippen LogP contribution < -0.4 is 0 Å². The molecule has 136 valence electrons. The Balaban J connectivity index is 1.95. The number of benzene rings is 2. The lowest BCUT2D eigenvalue weighted by molar-refractivity contribution is 0.0697. The lowest BCUT2D eigenvalue weighted by Crippen LogP contribution is -2.17. The third-order valence-electron chi connectivity index (χ3n) is 5.75. The summed E-state index contributed by atoms with van der Waals surface area (Å²) in [4.78, 5) is 11.0. The number of aromatic carboxylic acids is 1. The van der Waals surface area contributed by atoms with E-state index >= 15 is 0 Å². The Kier molecular flexibility index (Phi) is 5.04. The van der Waals surface area contributed by atoms with Gasteiger partial charge in [0, 0.05) is 0 Å². The van der Waals surface area contributed by atoms with Crippen LogP contribution in [-0.2, 0) is 5.41 Å². The van der Waals surface area contributed by atoms with Crippen LogP contribution in [0.15, 0.2) is 42.5 Å². The van der Waals surface area contributed by atoms with E-state index in [1.807, 2.05) is 12.1 Å². The molecule has 1 N–H and O–H groups in total. The summed E-state index contributed by atoms with van der Waals surface area (Å²) in [6.07, 6.45) is 5.90. The molecule has 2 heteroatoms. The molecule has 0 amide bonds. The predicted octanol–water partition coefficient (Wildman–Crippen LogP) is 6.51. The molecule has 0 radical (unpaired) electrons. The van der Waals surface area contributed by atoms with E-state index in [2.05, 4.69) is 52.0 Å². The molecule has 2 nitrogen and oxygen atoms in total. The fraction of sp³-hybridized carbons (Fsp3) is 0.375. The summed E-state index contributed by atoms with van der Waals surface area (Å²) in [5.74, 6) is -0.297. The average Bonchev–Trinajstić information content (AvgIpc) is 2.71. The molecular weight excluding hydrogens is 320 g/mol. The van der Waals surface area contributed by atoms with E-state index in [-0.39, 0.29) is 5.41 Å². The lowest BCUT2D eigenvalue weighted by atomic mass is 9.78. The van der Waals surface area contributed by atoms with Crippen molar-refractivity contribution in [1.29, 1.82) is 0 Å². The van der Waals surface area contributed by atoms with Gasteiger partial charge in [0.1, 0.15) is 0 Å². The van der Waals surface area contributed by atoms with Crippen LogP contribution in [0.4, 0.5) is 0 Å². The molecule has 0 saturated carbocycles. The summed E-state index contributed by atoms with van der Waals surface area (Å²) in [5, 5.41) is 9.02. The van der Waals surface area contributed by atoms with Gasteiger partial charge in [-0.1, -0.05) is 63.6 Å². The van der Waals surface area contributed by atoms with Crippen molar-refractivity contribution in [2.75, 3.05) is 0 Å². The molecule has 2 aromatic rings. The van der Waals surface area contributed by atoms with E-state index in [4.69, 9.17) is 5.11 Å². The summed E-state index contributed by atoms with van der Waals surface area (Å²) >= 11 is 0. The van der Waals surface area contributed by atoms with Crippen LogP contribution >= 0.6 is 0 Å². The summed E-state index contributed by atoms with van der Waals surface area (Å²) in [5.41, 5.74) is 7.00. The molecular formula is C24H28O2. The zero-order chi connectivity index (χ0) is 18.9. The SMILES string of the molecule is C/C(=C\c1ccc(C(=O)O)cc1)c1ccc2c(c1)C(C)CCCC2(C)C. The molecule has 0 heterocycles. The quantitative estimate of drug-likeness (QED) is 0.507. The van der Waals surface area contributed by atoms with Crippen LogP contribution in [0, 0.1) is 0 Å². The van der Waals surface area contributed by atoms with E-state index in [1.165, 1.54) is 41.5 Å². The molecule has 1 aliphatic rings. The third-order valence-corrected chi connectivity index (χ3v) is 5.75. The Morgan fingerprint density at radius 3 is 2.42 bits per heavy atom. The first kappa shape index (κ1) is 18.4. The number of carboxylic acid groups (broad SMARTS) is 1. The van der Waals surface area contributed by atoms with Crippen LogP contribution in [0.3, 0.4) is 0 Å². The average molecular weight is 348 g/mol. The van der Waals surface area contributed by atoms with Crippen LogP contribution in [0.2, 0.25) is 0 Å². The van der Waals surface area contributed by atoms with Gasteiger partial charge < -0.3 is 5.11 Å². The van der Waals surface area contributed by atoms with Crippen LogP contribution in [0.5, 0.6) is 0 Å². The molecule has 3 rings (SSSR count). The minimum atomic E-state index is -0.889. The predicted molar refractivity (Wildman–Crippen MR) is 109 cm³/mol. The second-order valence-corrected chi connectivity index (χ2v) is 8.23. The van der Waals surface area contributed by atoms with Gasteiger partial charge in [-0.3, -0.25) is 0 Å². The highest BCUT2D eigenvalue weighted by Crippen LogP contribution is 2.41. The van der Waals surface area contributed by atoms with Crippen molar-refractivity contribution < 1.29 is 9.90 Å². The Morgan fingerprint density at radius 2 is 1.77 bits per heavy atom. The largest absolute Gasteiger partial charge is 0.478 e. The molecule has 0 aliphatic heterocycles. The van der Waals surface area contributed by atoms with Crippen molar-refractivity contribution in [2.24, 2.45) is 0 Å². The van der Waals surface area contributed by atoms with Crippen molar-refractivity contribution >= 4 is 17.6 Å². The Labute approximate surface area is 156 Å². The minimum Gasteiger partial charge on any atom is -0.478 e. The maximum Gasteiger partial charge on any atom is 0.335 e. The van der Waals surface area contributed by atoms with Gasteiger partial charge in [-0.15, -0.1) is 0 Å². The summed E-state index contributed by atoms with van der Waals surface area (Å²) < 4.78 is 0. The van der Waals surface area contributed by atoms with E-state index in [9.17, 15) is 4.79 Å². The Hall–Kier alpha value is -2.35. The molecule has 0 bridgehead atoms. The molecule has 0 spiro atoms. The first-order valence-corrected chi connectivity index (χ1v) is 9.44. The Bertz CT molecular complexity index is 841. The molecule has 1 aliphatic carbocycles. The van der Waals surface area contributed by atoms with Gasteiger partial charge in [0.05, 0.1) is 5.56 Å². The van der Waals surface area contributed by atoms with E-state index in [1.54, 1.807) is 12.1 Å². The third kappa shape index (κ3) is 3.75. The molecule has 1 atom stereocenters. The Morgan fingerprint density at radius 1 is 1.12 bits per heavy atom. The van der Waals surface area contributed by atoms with E-state index in [0.29, 0.717) is 11.5 Å². The van der Waals surface area contributed by atoms with Crippen molar-refractivity contribution in [1.82, 2.24) is 0 Å². The van der Waals surface area contributed by atoms with Gasteiger partial charge in [0.15, 0.2) is 0 Å². The van der Waals surface area contributed by atoms with Crippen molar-refractivity contribution in [3.63, 3.8) is 0 Å². The normalized spacial score (nSPS) is 19.5. The zero-order valence-electron chi connectivity index (χ0n) is 16.2. The first-order chi connectivity index (χ1) is 12.3. The van der Waals surface area contributed by atoms with Crippen LogP contribution in [-0.4, -0.2) is 11.1 Å². The van der Waals surface area contributed by atoms with Gasteiger partial charge in [0.2, 0.25) is 0 Å². The number of hydrogen-bond acceptors (Lipinski definition) is 1. The summed E-state index contributed by atoms with van der Waals surface area (Å²) in [6, 6.07) is 14.0. The van der Waals surface area contributed by atoms with Crippen LogP contribution in [0.25, 0.3) is 11.6 Å². The number of carbonyl (C=O) groups is 1. The standard InChI is InChI=1S/C24H28O2/c1-16-6-5-13-24(3,4)22-12-11-20(15-21(16)22)17(2)14-18-7-9-19(10-8-18)23(25)26/h7-12,14-16H,5-6,13H2,1-4H3,(H,25,26)/b17-14+. The van der Waals surface area contributed by atoms with Gasteiger partial charge in [-0.05, 0) is 71.1 Å². The lowest BCUT2D eigenvalue weighted by Gasteiger charge is -2.26. The van der Waals surface area contributed by atoms with Crippen molar-refractivity contribution in [3.8, 4) is 0 Å². The molecule has 0 fully saturated rings. The first-order valence-electron chi connectivity index (χ1n) is 9.44. The molecule has 1 unspecified atom stereocenters. The molecule has 2 aromatic carbocycles. The maximum atomic E-state index is 11.0. The van der Waals surface area contributed by atoms with Gasteiger partial charge >= 0.3 is 5.97 Å². The number of hydrogen-bond donors (Lipinski definition) is 1. The number of fused-ring (bicyclic) bond motifs is 1. The number of carboxylic acids is 1. The fourth-order valence-corrected chi connectivity index (χ4v) is 4.03.